The van der Waals surface area contributed by atoms with Crippen LogP contribution in [0.1, 0.15) is 25.7 Å². The zero-order valence-corrected chi connectivity index (χ0v) is 17.2. The predicted molar refractivity (Wildman–Crippen MR) is 115 cm³/mol. The maximum absolute atomic E-state index is 14.1. The van der Waals surface area contributed by atoms with E-state index in [1.165, 1.54) is 18.0 Å². The second kappa shape index (κ2) is 7.24. The largest absolute Gasteiger partial charge is 0.381 e. The SMILES string of the molecule is Nc1nc(N2CCC3(CC2)CC(=O)C[C@@H]3N)cnc1Sc1cccc2[nH]cc(F)c12. The third-order valence-corrected chi connectivity index (χ3v) is 7.51. The molecule has 1 atom stereocenters. The summed E-state index contributed by atoms with van der Waals surface area (Å²) >= 11 is 1.30. The molecule has 5 rings (SSSR count). The van der Waals surface area contributed by atoms with Gasteiger partial charge in [-0.2, -0.15) is 0 Å². The van der Waals surface area contributed by atoms with Crippen molar-refractivity contribution in [3.8, 4) is 0 Å². The summed E-state index contributed by atoms with van der Waals surface area (Å²) in [4.78, 5) is 26.7. The lowest BCUT2D eigenvalue weighted by Crippen LogP contribution is -2.47. The third-order valence-electron chi connectivity index (χ3n) is 6.44. The van der Waals surface area contributed by atoms with Crippen molar-refractivity contribution in [2.45, 2.75) is 41.6 Å². The van der Waals surface area contributed by atoms with Crippen LogP contribution in [0.15, 0.2) is 40.5 Å². The first kappa shape index (κ1) is 19.3. The number of nitrogens with two attached hydrogens (primary N) is 2. The third kappa shape index (κ3) is 3.22. The Labute approximate surface area is 177 Å². The van der Waals surface area contributed by atoms with Crippen molar-refractivity contribution in [1.82, 2.24) is 15.0 Å². The number of piperidine rings is 1. The summed E-state index contributed by atoms with van der Waals surface area (Å²) in [6.45, 7) is 1.55. The highest BCUT2D eigenvalue weighted by molar-refractivity contribution is 7.99. The summed E-state index contributed by atoms with van der Waals surface area (Å²) in [6, 6.07) is 5.49. The molecule has 2 aliphatic rings. The summed E-state index contributed by atoms with van der Waals surface area (Å²) < 4.78 is 14.1. The van der Waals surface area contributed by atoms with Gasteiger partial charge in [-0.15, -0.1) is 0 Å². The lowest BCUT2D eigenvalue weighted by Gasteiger charge is -2.41. The Bertz CT molecular complexity index is 1120. The maximum Gasteiger partial charge on any atom is 0.158 e. The monoisotopic (exact) mass is 426 g/mol. The van der Waals surface area contributed by atoms with Gasteiger partial charge < -0.3 is 21.4 Å². The van der Waals surface area contributed by atoms with E-state index in [1.54, 1.807) is 6.20 Å². The number of hydrogen-bond donors (Lipinski definition) is 3. The number of aromatic amines is 1. The maximum atomic E-state index is 14.1. The lowest BCUT2D eigenvalue weighted by molar-refractivity contribution is -0.118. The van der Waals surface area contributed by atoms with Crippen LogP contribution in [0.2, 0.25) is 0 Å². The van der Waals surface area contributed by atoms with Gasteiger partial charge in [0.2, 0.25) is 0 Å². The Morgan fingerprint density at radius 3 is 2.80 bits per heavy atom. The first-order valence-electron chi connectivity index (χ1n) is 10.0. The Balaban J connectivity index is 1.33. The molecular weight excluding hydrogens is 403 g/mol. The number of anilines is 2. The number of nitrogens with one attached hydrogen (secondary N) is 1. The molecule has 0 unspecified atom stereocenters. The first-order valence-corrected chi connectivity index (χ1v) is 10.8. The van der Waals surface area contributed by atoms with E-state index in [9.17, 15) is 9.18 Å². The fraction of sp³-hybridized carbons (Fsp3) is 0.381. The van der Waals surface area contributed by atoms with Crippen LogP contribution < -0.4 is 16.4 Å². The van der Waals surface area contributed by atoms with Gasteiger partial charge in [0.05, 0.1) is 6.20 Å². The lowest BCUT2D eigenvalue weighted by atomic mass is 9.74. The van der Waals surface area contributed by atoms with Crippen molar-refractivity contribution >= 4 is 40.1 Å². The Hall–Kier alpha value is -2.65. The van der Waals surface area contributed by atoms with Crippen LogP contribution in [0.4, 0.5) is 16.0 Å². The average molecular weight is 427 g/mol. The molecule has 1 aliphatic carbocycles. The Morgan fingerprint density at radius 2 is 2.10 bits per heavy atom. The zero-order chi connectivity index (χ0) is 20.9. The van der Waals surface area contributed by atoms with E-state index in [2.05, 4.69) is 19.9 Å². The Morgan fingerprint density at radius 1 is 1.30 bits per heavy atom. The minimum absolute atomic E-state index is 0.0429. The number of carbonyl (C=O) groups excluding carboxylic acids is 1. The van der Waals surface area contributed by atoms with Gasteiger partial charge in [0.1, 0.15) is 22.4 Å². The fourth-order valence-corrected chi connectivity index (χ4v) is 5.62. The highest BCUT2D eigenvalue weighted by Gasteiger charge is 2.46. The van der Waals surface area contributed by atoms with Crippen molar-refractivity contribution < 1.29 is 9.18 Å². The van der Waals surface area contributed by atoms with Gasteiger partial charge >= 0.3 is 0 Å². The van der Waals surface area contributed by atoms with E-state index < -0.39 is 0 Å². The van der Waals surface area contributed by atoms with Crippen LogP contribution >= 0.6 is 11.8 Å². The van der Waals surface area contributed by atoms with Crippen LogP contribution in [0, 0.1) is 11.2 Å². The molecule has 0 amide bonds. The van der Waals surface area contributed by atoms with Crippen LogP contribution in [0.3, 0.4) is 0 Å². The number of rotatable bonds is 3. The molecule has 5 N–H and O–H groups in total. The zero-order valence-electron chi connectivity index (χ0n) is 16.4. The Kier molecular flexibility index (Phi) is 4.67. The minimum Gasteiger partial charge on any atom is -0.381 e. The molecule has 2 fully saturated rings. The number of carbonyl (C=O) groups is 1. The van der Waals surface area contributed by atoms with Crippen molar-refractivity contribution in [1.29, 1.82) is 0 Å². The van der Waals surface area contributed by atoms with Gasteiger partial charge in [-0.3, -0.25) is 4.79 Å². The second-order valence-corrected chi connectivity index (χ2v) is 9.24. The highest BCUT2D eigenvalue weighted by Crippen LogP contribution is 2.44. The summed E-state index contributed by atoms with van der Waals surface area (Å²) in [5.41, 5.74) is 13.1. The molecule has 1 aromatic carbocycles. The van der Waals surface area contributed by atoms with E-state index in [-0.39, 0.29) is 23.1 Å². The van der Waals surface area contributed by atoms with E-state index >= 15 is 0 Å². The molecule has 1 spiro atoms. The van der Waals surface area contributed by atoms with E-state index in [4.69, 9.17) is 11.5 Å². The summed E-state index contributed by atoms with van der Waals surface area (Å²) in [5, 5.41) is 1.07. The molecular formula is C21H23FN6OS. The summed E-state index contributed by atoms with van der Waals surface area (Å²) in [7, 11) is 0. The quantitative estimate of drug-likeness (QED) is 0.590. The molecule has 30 heavy (non-hydrogen) atoms. The second-order valence-electron chi connectivity index (χ2n) is 8.21. The van der Waals surface area contributed by atoms with Gasteiger partial charge in [-0.05, 0) is 30.4 Å². The van der Waals surface area contributed by atoms with E-state index in [0.717, 1.165) is 42.2 Å². The molecule has 1 saturated carbocycles. The molecule has 1 aliphatic heterocycles. The molecule has 3 aromatic rings. The van der Waals surface area contributed by atoms with Crippen LogP contribution in [0.25, 0.3) is 10.9 Å². The summed E-state index contributed by atoms with van der Waals surface area (Å²) in [5.74, 6) is 1.01. The van der Waals surface area contributed by atoms with Gasteiger partial charge in [0.25, 0.3) is 0 Å². The number of halogens is 1. The molecule has 0 bridgehead atoms. The molecule has 7 nitrogen and oxygen atoms in total. The predicted octanol–water partition coefficient (Wildman–Crippen LogP) is 3.11. The van der Waals surface area contributed by atoms with Gasteiger partial charge in [0, 0.05) is 54.0 Å². The number of nitrogens with zero attached hydrogens (tertiary/aromatic N) is 3. The van der Waals surface area contributed by atoms with Gasteiger partial charge in [-0.25, -0.2) is 14.4 Å². The number of aromatic nitrogens is 3. The van der Waals surface area contributed by atoms with E-state index in [1.807, 2.05) is 18.2 Å². The molecule has 1 saturated heterocycles. The smallest absolute Gasteiger partial charge is 0.158 e. The minimum atomic E-state index is -0.304. The van der Waals surface area contributed by atoms with Gasteiger partial charge in [0.15, 0.2) is 5.82 Å². The van der Waals surface area contributed by atoms with Crippen molar-refractivity contribution in [3.05, 3.63) is 36.4 Å². The normalized spacial score (nSPS) is 21.1. The standard InChI is InChI=1S/C21H23FN6OS/c22-13-10-25-14-2-1-3-15(18(13)14)30-20-19(24)27-17(11-26-20)28-6-4-21(5-7-28)9-12(29)8-16(21)23/h1-3,10-11,16,25H,4-9,23H2,(H2,24,27)/t16-/m0/s1. The van der Waals surface area contributed by atoms with Crippen LogP contribution in [-0.2, 0) is 4.79 Å². The topological polar surface area (TPSA) is 114 Å². The number of benzene rings is 1. The molecule has 3 heterocycles. The van der Waals surface area contributed by atoms with Crippen LogP contribution in [0.5, 0.6) is 0 Å². The number of Topliss-reactive ketones (excluding diaryl/α,β-unsaturated/α-hetero) is 1. The molecule has 0 radical (unpaired) electrons. The number of fused-ring (bicyclic) bond motifs is 1. The van der Waals surface area contributed by atoms with Gasteiger partial charge in [-0.1, -0.05) is 17.8 Å². The van der Waals surface area contributed by atoms with Crippen molar-refractivity contribution in [3.63, 3.8) is 0 Å². The number of H-pyrrole nitrogens is 1. The molecule has 156 valence electrons. The first-order chi connectivity index (χ1) is 14.4. The highest BCUT2D eigenvalue weighted by atomic mass is 32.2. The number of hydrogen-bond acceptors (Lipinski definition) is 7. The average Bonchev–Trinajstić information content (AvgIpc) is 3.24. The number of nitrogen functional groups attached to an aromatic ring is 1. The molecule has 2 aromatic heterocycles. The summed E-state index contributed by atoms with van der Waals surface area (Å²) in [6.07, 6.45) is 5.88. The van der Waals surface area contributed by atoms with Crippen molar-refractivity contribution in [2.75, 3.05) is 23.7 Å². The van der Waals surface area contributed by atoms with Crippen LogP contribution in [-0.4, -0.2) is 39.9 Å². The fourth-order valence-electron chi connectivity index (χ4n) is 4.70. The number of ketones is 1. The van der Waals surface area contributed by atoms with Crippen molar-refractivity contribution in [2.24, 2.45) is 11.1 Å². The van der Waals surface area contributed by atoms with E-state index in [0.29, 0.717) is 29.1 Å². The molecule has 9 heteroatoms.